The molecule has 1 saturated carbocycles. The van der Waals surface area contributed by atoms with Crippen molar-refractivity contribution in [2.75, 3.05) is 6.61 Å². The van der Waals surface area contributed by atoms with Crippen molar-refractivity contribution in [2.45, 2.75) is 52.5 Å². The first-order chi connectivity index (χ1) is 11.9. The lowest BCUT2D eigenvalue weighted by Gasteiger charge is -2.53. The predicted octanol–water partition coefficient (Wildman–Crippen LogP) is 2.18. The van der Waals surface area contributed by atoms with Crippen LogP contribution in [0, 0.1) is 11.3 Å². The lowest BCUT2D eigenvalue weighted by Crippen LogP contribution is -2.61. The number of ether oxygens (including phenoxy) is 2. The smallest absolute Gasteiger partial charge is 0.329 e. The molecule has 2 aromatic rings. The number of hydrogen-bond acceptors (Lipinski definition) is 4. The zero-order chi connectivity index (χ0) is 17.8. The van der Waals surface area contributed by atoms with Crippen LogP contribution in [0.2, 0.25) is 0 Å². The summed E-state index contributed by atoms with van der Waals surface area (Å²) in [5.74, 6) is -0.0720. The second-order valence-corrected chi connectivity index (χ2v) is 7.58. The molecule has 0 bridgehead atoms. The number of esters is 1. The molecule has 0 amide bonds. The molecule has 1 aromatic heterocycles. The second-order valence-electron chi connectivity index (χ2n) is 7.58. The van der Waals surface area contributed by atoms with E-state index in [1.165, 1.54) is 4.57 Å². The third-order valence-electron chi connectivity index (χ3n) is 5.78. The van der Waals surface area contributed by atoms with Gasteiger partial charge < -0.3 is 9.47 Å². The Bertz CT molecular complexity index is 879. The molecule has 0 N–H and O–H groups in total. The summed E-state index contributed by atoms with van der Waals surface area (Å²) in [4.78, 5) is 25.2. The molecule has 4 rings (SSSR count). The first-order valence-electron chi connectivity index (χ1n) is 8.94. The molecule has 3 atom stereocenters. The minimum absolute atomic E-state index is 0.0584. The summed E-state index contributed by atoms with van der Waals surface area (Å²) in [6, 6.07) is 7.54. The van der Waals surface area contributed by atoms with Crippen molar-refractivity contribution >= 4 is 17.0 Å². The fourth-order valence-electron chi connectivity index (χ4n) is 4.56. The van der Waals surface area contributed by atoms with Crippen molar-refractivity contribution in [3.63, 3.8) is 0 Å². The Morgan fingerprint density at radius 2 is 1.96 bits per heavy atom. The van der Waals surface area contributed by atoms with Gasteiger partial charge in [0.1, 0.15) is 12.6 Å². The highest BCUT2D eigenvalue weighted by molar-refractivity contribution is 5.78. The van der Waals surface area contributed by atoms with Crippen molar-refractivity contribution < 1.29 is 14.3 Å². The van der Waals surface area contributed by atoms with E-state index in [1.54, 1.807) is 4.57 Å². The van der Waals surface area contributed by atoms with Crippen molar-refractivity contribution in [1.82, 2.24) is 9.13 Å². The van der Waals surface area contributed by atoms with E-state index in [-0.39, 0.29) is 41.7 Å². The van der Waals surface area contributed by atoms with E-state index in [0.717, 1.165) is 24.1 Å². The number of rotatable bonds is 4. The SMILES string of the molecule is CCn1c(=O)n(CC(=O)O[C@@H]2[C@@H]3CCO[C@@H]3C2(C)C)c2ccccc21. The van der Waals surface area contributed by atoms with E-state index in [1.807, 2.05) is 31.2 Å². The Labute approximate surface area is 146 Å². The van der Waals surface area contributed by atoms with Gasteiger partial charge >= 0.3 is 11.7 Å². The van der Waals surface area contributed by atoms with Crippen LogP contribution in [0.3, 0.4) is 0 Å². The second kappa shape index (κ2) is 5.73. The van der Waals surface area contributed by atoms with Crippen LogP contribution in [0.5, 0.6) is 0 Å². The van der Waals surface area contributed by atoms with Crippen LogP contribution in [0.1, 0.15) is 27.2 Å². The van der Waals surface area contributed by atoms with E-state index in [0.29, 0.717) is 6.54 Å². The van der Waals surface area contributed by atoms with Gasteiger partial charge in [-0.3, -0.25) is 13.9 Å². The average Bonchev–Trinajstić information content (AvgIpc) is 3.15. The maximum atomic E-state index is 12.6. The predicted molar refractivity (Wildman–Crippen MR) is 93.4 cm³/mol. The molecule has 2 fully saturated rings. The number of fused-ring (bicyclic) bond motifs is 2. The molecular weight excluding hydrogens is 320 g/mol. The highest BCUT2D eigenvalue weighted by Gasteiger charge is 2.61. The molecule has 1 saturated heterocycles. The Hall–Kier alpha value is -2.08. The molecule has 0 spiro atoms. The van der Waals surface area contributed by atoms with Crippen LogP contribution in [0.25, 0.3) is 11.0 Å². The first kappa shape index (κ1) is 16.4. The molecule has 2 aliphatic rings. The Morgan fingerprint density at radius 1 is 1.28 bits per heavy atom. The molecule has 6 nitrogen and oxygen atoms in total. The maximum Gasteiger partial charge on any atom is 0.329 e. The van der Waals surface area contributed by atoms with Gasteiger partial charge in [0.25, 0.3) is 0 Å². The number of aromatic nitrogens is 2. The Morgan fingerprint density at radius 3 is 2.64 bits per heavy atom. The topological polar surface area (TPSA) is 62.5 Å². The molecule has 6 heteroatoms. The van der Waals surface area contributed by atoms with Crippen molar-refractivity contribution in [1.29, 1.82) is 0 Å². The number of aryl methyl sites for hydroxylation is 1. The molecule has 134 valence electrons. The van der Waals surface area contributed by atoms with Crippen LogP contribution < -0.4 is 5.69 Å². The van der Waals surface area contributed by atoms with Crippen LogP contribution in [-0.4, -0.2) is 33.9 Å². The molecular formula is C19H24N2O4. The summed E-state index contributed by atoms with van der Waals surface area (Å²) < 4.78 is 14.7. The molecule has 1 aliphatic heterocycles. The molecule has 25 heavy (non-hydrogen) atoms. The first-order valence-corrected chi connectivity index (χ1v) is 8.94. The van der Waals surface area contributed by atoms with Gasteiger partial charge in [0.2, 0.25) is 0 Å². The largest absolute Gasteiger partial charge is 0.460 e. The number of carbonyl (C=O) groups excluding carboxylic acids is 1. The maximum absolute atomic E-state index is 12.6. The van der Waals surface area contributed by atoms with Gasteiger partial charge in [0.15, 0.2) is 0 Å². The van der Waals surface area contributed by atoms with Crippen LogP contribution in [0.4, 0.5) is 0 Å². The van der Waals surface area contributed by atoms with Gasteiger partial charge in [-0.25, -0.2) is 4.79 Å². The van der Waals surface area contributed by atoms with Gasteiger partial charge in [-0.2, -0.15) is 0 Å². The van der Waals surface area contributed by atoms with E-state index >= 15 is 0 Å². The number of imidazole rings is 1. The highest BCUT2D eigenvalue weighted by Crippen LogP contribution is 2.53. The number of nitrogens with zero attached hydrogens (tertiary/aromatic N) is 2. The van der Waals surface area contributed by atoms with Gasteiger partial charge in [-0.1, -0.05) is 26.0 Å². The molecule has 0 radical (unpaired) electrons. The van der Waals surface area contributed by atoms with Crippen molar-refractivity contribution in [3.8, 4) is 0 Å². The molecule has 1 aliphatic carbocycles. The monoisotopic (exact) mass is 344 g/mol. The standard InChI is InChI=1S/C19H24N2O4/c1-4-20-13-7-5-6-8-14(13)21(18(20)23)11-15(22)25-17-12-9-10-24-16(12)19(17,2)3/h5-8,12,16-17H,4,9-11H2,1-3H3/t12-,16+,17-/m1/s1. The van der Waals surface area contributed by atoms with Gasteiger partial charge in [-0.05, 0) is 25.5 Å². The summed E-state index contributed by atoms with van der Waals surface area (Å²) in [5.41, 5.74) is 1.27. The normalized spacial score (nSPS) is 27.1. The summed E-state index contributed by atoms with van der Waals surface area (Å²) in [5, 5.41) is 0. The Balaban J connectivity index is 1.57. The van der Waals surface area contributed by atoms with Gasteiger partial charge in [0.05, 0.1) is 17.1 Å². The molecule has 1 aromatic carbocycles. The van der Waals surface area contributed by atoms with Crippen LogP contribution in [-0.2, 0) is 27.4 Å². The fraction of sp³-hybridized carbons (Fsp3) is 0.579. The quantitative estimate of drug-likeness (QED) is 0.798. The van der Waals surface area contributed by atoms with Gasteiger partial charge in [0, 0.05) is 24.5 Å². The third kappa shape index (κ3) is 2.34. The average molecular weight is 344 g/mol. The fourth-order valence-corrected chi connectivity index (χ4v) is 4.56. The number of para-hydroxylation sites is 2. The summed E-state index contributed by atoms with van der Waals surface area (Å²) >= 11 is 0. The minimum Gasteiger partial charge on any atom is -0.460 e. The van der Waals surface area contributed by atoms with Crippen molar-refractivity contribution in [3.05, 3.63) is 34.7 Å². The number of benzene rings is 1. The lowest BCUT2D eigenvalue weighted by atomic mass is 9.59. The zero-order valence-corrected chi connectivity index (χ0v) is 14.9. The van der Waals surface area contributed by atoms with Crippen LogP contribution in [0.15, 0.2) is 29.1 Å². The minimum atomic E-state index is -0.357. The summed E-state index contributed by atoms with van der Waals surface area (Å²) in [6.07, 6.45) is 0.971. The summed E-state index contributed by atoms with van der Waals surface area (Å²) in [7, 11) is 0. The van der Waals surface area contributed by atoms with Gasteiger partial charge in [-0.15, -0.1) is 0 Å². The Kier molecular flexibility index (Phi) is 3.76. The van der Waals surface area contributed by atoms with E-state index in [9.17, 15) is 9.59 Å². The molecule has 2 heterocycles. The number of carbonyl (C=O) groups is 1. The van der Waals surface area contributed by atoms with E-state index in [2.05, 4.69) is 13.8 Å². The van der Waals surface area contributed by atoms with E-state index in [4.69, 9.17) is 9.47 Å². The number of hydrogen-bond donors (Lipinski definition) is 0. The zero-order valence-electron chi connectivity index (χ0n) is 14.9. The van der Waals surface area contributed by atoms with Crippen LogP contribution >= 0.6 is 0 Å². The lowest BCUT2D eigenvalue weighted by molar-refractivity contribution is -0.210. The summed E-state index contributed by atoms with van der Waals surface area (Å²) in [6.45, 7) is 7.32. The van der Waals surface area contributed by atoms with Crippen molar-refractivity contribution in [2.24, 2.45) is 11.3 Å². The molecule has 0 unspecified atom stereocenters. The van der Waals surface area contributed by atoms with E-state index < -0.39 is 0 Å². The highest BCUT2D eigenvalue weighted by atomic mass is 16.6. The third-order valence-corrected chi connectivity index (χ3v) is 5.78.